The van der Waals surface area contributed by atoms with Gasteiger partial charge in [0.2, 0.25) is 5.91 Å². The Hall–Kier alpha value is -2.99. The summed E-state index contributed by atoms with van der Waals surface area (Å²) in [6.45, 7) is 2.32. The number of hydrogen-bond donors (Lipinski definition) is 1. The van der Waals surface area contributed by atoms with E-state index in [1.54, 1.807) is 11.0 Å². The normalized spacial score (nSPS) is 15.9. The van der Waals surface area contributed by atoms with Gasteiger partial charge >= 0.3 is 0 Å². The first kappa shape index (κ1) is 18.4. The third-order valence-electron chi connectivity index (χ3n) is 5.46. The van der Waals surface area contributed by atoms with Gasteiger partial charge < -0.3 is 10.1 Å². The number of carbonyl (C=O) groups excluding carboxylic acids is 1. The van der Waals surface area contributed by atoms with E-state index in [1.165, 1.54) is 6.33 Å². The number of ether oxygens (including phenoxy) is 1. The van der Waals surface area contributed by atoms with Gasteiger partial charge in [-0.2, -0.15) is 5.10 Å². The van der Waals surface area contributed by atoms with Crippen LogP contribution in [0.15, 0.2) is 67.3 Å². The van der Waals surface area contributed by atoms with Gasteiger partial charge in [-0.15, -0.1) is 0 Å². The van der Waals surface area contributed by atoms with E-state index >= 15 is 0 Å². The topological polar surface area (TPSA) is 69.0 Å². The molecule has 144 valence electrons. The van der Waals surface area contributed by atoms with Crippen molar-refractivity contribution in [1.29, 1.82) is 0 Å². The smallest absolute Gasteiger partial charge is 0.231 e. The molecule has 0 radical (unpaired) electrons. The lowest BCUT2D eigenvalue weighted by atomic mass is 9.73. The molecule has 1 aliphatic rings. The van der Waals surface area contributed by atoms with Crippen LogP contribution < -0.4 is 5.32 Å². The van der Waals surface area contributed by atoms with E-state index < -0.39 is 5.41 Å². The summed E-state index contributed by atoms with van der Waals surface area (Å²) in [6, 6.07) is 18.2. The second kappa shape index (κ2) is 8.35. The molecule has 0 bridgehead atoms. The Kier molecular flexibility index (Phi) is 5.48. The molecule has 6 nitrogen and oxygen atoms in total. The summed E-state index contributed by atoms with van der Waals surface area (Å²) in [6.07, 6.45) is 4.62. The van der Waals surface area contributed by atoms with Crippen molar-refractivity contribution in [3.05, 3.63) is 83.9 Å². The highest BCUT2D eigenvalue weighted by Crippen LogP contribution is 2.35. The standard InChI is InChI=1S/C22H24N4O2/c27-21(22(10-12-28-13-11-22)20-8-2-1-3-9-20)24-14-18-6-4-5-7-19(18)15-26-17-23-16-25-26/h1-9,16-17H,10-15H2,(H,24,27). The summed E-state index contributed by atoms with van der Waals surface area (Å²) in [5.74, 6) is 0.0672. The summed E-state index contributed by atoms with van der Waals surface area (Å²) in [5, 5.41) is 7.36. The zero-order valence-electron chi connectivity index (χ0n) is 15.8. The zero-order chi connectivity index (χ0) is 19.2. The minimum absolute atomic E-state index is 0.0672. The Morgan fingerprint density at radius 3 is 2.46 bits per heavy atom. The monoisotopic (exact) mass is 376 g/mol. The SMILES string of the molecule is O=C(NCc1ccccc1Cn1cncn1)C1(c2ccccc2)CCOCC1. The molecule has 3 aromatic rings. The van der Waals surface area contributed by atoms with Crippen LogP contribution in [0.4, 0.5) is 0 Å². The predicted molar refractivity (Wildman–Crippen MR) is 106 cm³/mol. The summed E-state index contributed by atoms with van der Waals surface area (Å²) >= 11 is 0. The molecule has 0 atom stereocenters. The Morgan fingerprint density at radius 1 is 1.04 bits per heavy atom. The molecule has 1 fully saturated rings. The van der Waals surface area contributed by atoms with Crippen LogP contribution in [-0.2, 0) is 28.0 Å². The summed E-state index contributed by atoms with van der Waals surface area (Å²) in [4.78, 5) is 17.3. The van der Waals surface area contributed by atoms with E-state index in [2.05, 4.69) is 21.5 Å². The van der Waals surface area contributed by atoms with Gasteiger partial charge in [0, 0.05) is 19.8 Å². The third kappa shape index (κ3) is 3.82. The summed E-state index contributed by atoms with van der Waals surface area (Å²) in [7, 11) is 0. The number of hydrogen-bond acceptors (Lipinski definition) is 4. The van der Waals surface area contributed by atoms with Crippen LogP contribution in [0, 0.1) is 0 Å². The van der Waals surface area contributed by atoms with Crippen molar-refractivity contribution in [2.45, 2.75) is 31.3 Å². The van der Waals surface area contributed by atoms with Crippen LogP contribution in [0.3, 0.4) is 0 Å². The van der Waals surface area contributed by atoms with Crippen molar-refractivity contribution in [3.8, 4) is 0 Å². The number of carbonyl (C=O) groups is 1. The Labute approximate surface area is 164 Å². The van der Waals surface area contributed by atoms with Crippen LogP contribution >= 0.6 is 0 Å². The first-order valence-electron chi connectivity index (χ1n) is 9.59. The number of benzene rings is 2. The van der Waals surface area contributed by atoms with Gasteiger partial charge in [-0.05, 0) is 29.5 Å². The fourth-order valence-electron chi connectivity index (χ4n) is 3.84. The van der Waals surface area contributed by atoms with E-state index in [1.807, 2.05) is 48.5 Å². The predicted octanol–water partition coefficient (Wildman–Crippen LogP) is 2.69. The average Bonchev–Trinajstić information content (AvgIpc) is 3.27. The molecule has 2 aromatic carbocycles. The molecule has 1 aliphatic heterocycles. The molecule has 2 heterocycles. The van der Waals surface area contributed by atoms with Crippen LogP contribution in [0.5, 0.6) is 0 Å². The number of rotatable bonds is 6. The lowest BCUT2D eigenvalue weighted by Crippen LogP contribution is -2.47. The molecule has 4 rings (SSSR count). The Bertz CT molecular complexity index is 903. The molecule has 0 unspecified atom stereocenters. The number of amides is 1. The first-order chi connectivity index (χ1) is 13.8. The van der Waals surface area contributed by atoms with Gasteiger partial charge in [0.25, 0.3) is 0 Å². The largest absolute Gasteiger partial charge is 0.381 e. The second-order valence-electron chi connectivity index (χ2n) is 7.10. The zero-order valence-corrected chi connectivity index (χ0v) is 15.8. The van der Waals surface area contributed by atoms with E-state index in [0.29, 0.717) is 39.1 Å². The molecule has 1 aromatic heterocycles. The van der Waals surface area contributed by atoms with Crippen molar-refractivity contribution in [3.63, 3.8) is 0 Å². The Morgan fingerprint density at radius 2 is 1.75 bits per heavy atom. The molecule has 28 heavy (non-hydrogen) atoms. The van der Waals surface area contributed by atoms with Crippen LogP contribution in [0.1, 0.15) is 29.5 Å². The van der Waals surface area contributed by atoms with Crippen molar-refractivity contribution >= 4 is 5.91 Å². The minimum atomic E-state index is -0.527. The lowest BCUT2D eigenvalue weighted by molar-refractivity contribution is -0.130. The average molecular weight is 376 g/mol. The molecular weight excluding hydrogens is 352 g/mol. The van der Waals surface area contributed by atoms with E-state index in [9.17, 15) is 4.79 Å². The van der Waals surface area contributed by atoms with E-state index in [4.69, 9.17) is 4.74 Å². The molecule has 6 heteroatoms. The van der Waals surface area contributed by atoms with Crippen LogP contribution in [-0.4, -0.2) is 33.9 Å². The van der Waals surface area contributed by atoms with Gasteiger partial charge in [-0.25, -0.2) is 9.67 Å². The van der Waals surface area contributed by atoms with Gasteiger partial charge in [-0.1, -0.05) is 54.6 Å². The fourth-order valence-corrected chi connectivity index (χ4v) is 3.84. The molecule has 1 amide bonds. The maximum Gasteiger partial charge on any atom is 0.231 e. The molecule has 1 N–H and O–H groups in total. The molecule has 1 saturated heterocycles. The number of aromatic nitrogens is 3. The highest BCUT2D eigenvalue weighted by molar-refractivity contribution is 5.88. The highest BCUT2D eigenvalue weighted by Gasteiger charge is 2.41. The lowest BCUT2D eigenvalue weighted by Gasteiger charge is -2.36. The quantitative estimate of drug-likeness (QED) is 0.718. The van der Waals surface area contributed by atoms with Gasteiger partial charge in [0.1, 0.15) is 12.7 Å². The first-order valence-corrected chi connectivity index (χ1v) is 9.59. The molecular formula is C22H24N4O2. The number of nitrogens with one attached hydrogen (secondary N) is 1. The molecule has 0 aliphatic carbocycles. The minimum Gasteiger partial charge on any atom is -0.381 e. The van der Waals surface area contributed by atoms with Gasteiger partial charge in [0.15, 0.2) is 0 Å². The molecule has 0 spiro atoms. The van der Waals surface area contributed by atoms with Crippen LogP contribution in [0.25, 0.3) is 0 Å². The summed E-state index contributed by atoms with van der Waals surface area (Å²) in [5.41, 5.74) is 2.74. The van der Waals surface area contributed by atoms with Gasteiger partial charge in [-0.3, -0.25) is 4.79 Å². The second-order valence-corrected chi connectivity index (χ2v) is 7.10. The summed E-state index contributed by atoms with van der Waals surface area (Å²) < 4.78 is 7.32. The number of nitrogens with zero attached hydrogens (tertiary/aromatic N) is 3. The fraction of sp³-hybridized carbons (Fsp3) is 0.318. The van der Waals surface area contributed by atoms with Crippen molar-refractivity contribution < 1.29 is 9.53 Å². The van der Waals surface area contributed by atoms with Gasteiger partial charge in [0.05, 0.1) is 12.0 Å². The maximum absolute atomic E-state index is 13.3. The van der Waals surface area contributed by atoms with E-state index in [0.717, 1.165) is 16.7 Å². The maximum atomic E-state index is 13.3. The van der Waals surface area contributed by atoms with Crippen molar-refractivity contribution in [2.24, 2.45) is 0 Å². The molecule has 0 saturated carbocycles. The van der Waals surface area contributed by atoms with Crippen molar-refractivity contribution in [1.82, 2.24) is 20.1 Å². The van der Waals surface area contributed by atoms with Crippen LogP contribution in [0.2, 0.25) is 0 Å². The Balaban J connectivity index is 1.52. The van der Waals surface area contributed by atoms with Crippen molar-refractivity contribution in [2.75, 3.05) is 13.2 Å². The third-order valence-corrected chi connectivity index (χ3v) is 5.46. The van der Waals surface area contributed by atoms with E-state index in [-0.39, 0.29) is 5.91 Å². The highest BCUT2D eigenvalue weighted by atomic mass is 16.5.